The van der Waals surface area contributed by atoms with E-state index in [1.165, 1.54) is 17.7 Å². The number of hydrogen-bond donors (Lipinski definition) is 1. The van der Waals surface area contributed by atoms with Crippen molar-refractivity contribution in [2.24, 2.45) is 5.92 Å². The van der Waals surface area contributed by atoms with Crippen molar-refractivity contribution in [1.29, 1.82) is 0 Å². The summed E-state index contributed by atoms with van der Waals surface area (Å²) in [6.07, 6.45) is 1.75. The molecule has 0 aliphatic heterocycles. The lowest BCUT2D eigenvalue weighted by Crippen LogP contribution is -2.42. The monoisotopic (exact) mass is 340 g/mol. The van der Waals surface area contributed by atoms with E-state index in [1.54, 1.807) is 12.1 Å². The molecule has 3 rings (SSSR count). The summed E-state index contributed by atoms with van der Waals surface area (Å²) in [6.45, 7) is 0.632. The Bertz CT molecular complexity index is 700. The van der Waals surface area contributed by atoms with Crippen LogP contribution in [-0.2, 0) is 11.2 Å². The molecule has 0 aromatic heterocycles. The number of carbonyl (C=O) groups excluding carboxylic acids is 1. The predicted molar refractivity (Wildman–Crippen MR) is 97.9 cm³/mol. The Kier molecular flexibility index (Phi) is 5.49. The molecule has 132 valence electrons. The average molecular weight is 340 g/mol. The Balaban J connectivity index is 1.51. The largest absolute Gasteiger partial charge is 0.354 e. The van der Waals surface area contributed by atoms with E-state index < -0.39 is 0 Å². The molecule has 1 fully saturated rings. The van der Waals surface area contributed by atoms with E-state index >= 15 is 0 Å². The lowest BCUT2D eigenvalue weighted by Gasteiger charge is -2.25. The molecule has 1 aliphatic carbocycles. The van der Waals surface area contributed by atoms with Gasteiger partial charge in [-0.05, 0) is 56.1 Å². The predicted octanol–water partition coefficient (Wildman–Crippen LogP) is 3.22. The van der Waals surface area contributed by atoms with Gasteiger partial charge in [0.1, 0.15) is 5.82 Å². The molecule has 2 aromatic rings. The number of rotatable bonds is 7. The highest BCUT2D eigenvalue weighted by Gasteiger charge is 2.43. The molecule has 1 N–H and O–H groups in total. The number of carbonyl (C=O) groups is 1. The third-order valence-corrected chi connectivity index (χ3v) is 4.98. The minimum atomic E-state index is -0.236. The van der Waals surface area contributed by atoms with Crippen LogP contribution in [0, 0.1) is 11.7 Å². The van der Waals surface area contributed by atoms with Crippen molar-refractivity contribution >= 4 is 5.91 Å². The first-order valence-electron chi connectivity index (χ1n) is 8.78. The van der Waals surface area contributed by atoms with Crippen LogP contribution in [0.25, 0.3) is 0 Å². The number of nitrogens with one attached hydrogen (secondary N) is 1. The van der Waals surface area contributed by atoms with Gasteiger partial charge in [-0.2, -0.15) is 0 Å². The van der Waals surface area contributed by atoms with E-state index in [0.29, 0.717) is 6.54 Å². The van der Waals surface area contributed by atoms with Crippen molar-refractivity contribution in [3.63, 3.8) is 0 Å². The second-order valence-electron chi connectivity index (χ2n) is 7.05. The van der Waals surface area contributed by atoms with Crippen LogP contribution in [0.5, 0.6) is 0 Å². The van der Waals surface area contributed by atoms with Gasteiger partial charge in [-0.3, -0.25) is 4.79 Å². The van der Waals surface area contributed by atoms with E-state index in [9.17, 15) is 9.18 Å². The minimum absolute atomic E-state index is 0.0185. The molecular weight excluding hydrogens is 315 g/mol. The van der Waals surface area contributed by atoms with Gasteiger partial charge in [0.15, 0.2) is 0 Å². The number of benzene rings is 2. The SMILES string of the molecule is CN(C)C(CNC(=O)C1CC1c1ccc(F)cc1)Cc1ccccc1. The van der Waals surface area contributed by atoms with Crippen LogP contribution in [0.4, 0.5) is 4.39 Å². The number of hydrogen-bond acceptors (Lipinski definition) is 2. The lowest BCUT2D eigenvalue weighted by molar-refractivity contribution is -0.122. The van der Waals surface area contributed by atoms with Crippen molar-refractivity contribution in [1.82, 2.24) is 10.2 Å². The summed E-state index contributed by atoms with van der Waals surface area (Å²) in [5.74, 6) is 0.118. The van der Waals surface area contributed by atoms with Gasteiger partial charge in [-0.15, -0.1) is 0 Å². The first-order chi connectivity index (χ1) is 12.0. The van der Waals surface area contributed by atoms with Crippen LogP contribution >= 0.6 is 0 Å². The van der Waals surface area contributed by atoms with Crippen LogP contribution in [0.1, 0.15) is 23.5 Å². The van der Waals surface area contributed by atoms with Gasteiger partial charge in [0.05, 0.1) is 0 Å². The van der Waals surface area contributed by atoms with E-state index in [0.717, 1.165) is 18.4 Å². The average Bonchev–Trinajstić information content (AvgIpc) is 3.40. The molecule has 1 amide bonds. The van der Waals surface area contributed by atoms with Crippen LogP contribution in [0.2, 0.25) is 0 Å². The van der Waals surface area contributed by atoms with Gasteiger partial charge in [-0.1, -0.05) is 42.5 Å². The quantitative estimate of drug-likeness (QED) is 0.839. The van der Waals surface area contributed by atoms with Gasteiger partial charge in [-0.25, -0.2) is 4.39 Å². The topological polar surface area (TPSA) is 32.3 Å². The van der Waals surface area contributed by atoms with E-state index in [-0.39, 0.29) is 29.6 Å². The summed E-state index contributed by atoms with van der Waals surface area (Å²) in [7, 11) is 4.08. The fourth-order valence-corrected chi connectivity index (χ4v) is 3.24. The number of nitrogens with zero attached hydrogens (tertiary/aromatic N) is 1. The van der Waals surface area contributed by atoms with Crippen LogP contribution < -0.4 is 5.32 Å². The highest BCUT2D eigenvalue weighted by Crippen LogP contribution is 2.47. The van der Waals surface area contributed by atoms with Crippen LogP contribution in [0.15, 0.2) is 54.6 Å². The maximum absolute atomic E-state index is 13.0. The van der Waals surface area contributed by atoms with Gasteiger partial charge in [0.2, 0.25) is 5.91 Å². The number of likely N-dealkylation sites (N-methyl/N-ethyl adjacent to an activating group) is 1. The Morgan fingerprint density at radius 3 is 2.48 bits per heavy atom. The van der Waals surface area contributed by atoms with E-state index in [2.05, 4.69) is 22.3 Å². The van der Waals surface area contributed by atoms with Crippen LogP contribution in [0.3, 0.4) is 0 Å². The smallest absolute Gasteiger partial charge is 0.223 e. The second-order valence-corrected chi connectivity index (χ2v) is 7.05. The maximum atomic E-state index is 13.0. The van der Waals surface area contributed by atoms with Crippen molar-refractivity contribution in [2.75, 3.05) is 20.6 Å². The zero-order valence-electron chi connectivity index (χ0n) is 14.8. The standard InChI is InChI=1S/C21H25FN2O/c1-24(2)18(12-15-6-4-3-5-7-15)14-23-21(25)20-13-19(20)16-8-10-17(22)11-9-16/h3-11,18-20H,12-14H2,1-2H3,(H,23,25). The number of amides is 1. The van der Waals surface area contributed by atoms with Gasteiger partial charge in [0, 0.05) is 18.5 Å². The molecule has 0 radical (unpaired) electrons. The maximum Gasteiger partial charge on any atom is 0.223 e. The second kappa shape index (κ2) is 7.79. The van der Waals surface area contributed by atoms with Crippen molar-refractivity contribution < 1.29 is 9.18 Å². The molecule has 25 heavy (non-hydrogen) atoms. The van der Waals surface area contributed by atoms with Crippen LogP contribution in [-0.4, -0.2) is 37.5 Å². The summed E-state index contributed by atoms with van der Waals surface area (Å²) >= 11 is 0. The Hall–Kier alpha value is -2.20. The Morgan fingerprint density at radius 1 is 1.16 bits per heavy atom. The fraction of sp³-hybridized carbons (Fsp3) is 0.381. The molecule has 3 nitrogen and oxygen atoms in total. The normalized spacial score (nSPS) is 20.3. The first-order valence-corrected chi connectivity index (χ1v) is 8.78. The molecule has 0 bridgehead atoms. The van der Waals surface area contributed by atoms with Crippen molar-refractivity contribution in [3.05, 3.63) is 71.5 Å². The van der Waals surface area contributed by atoms with E-state index in [1.807, 2.05) is 32.3 Å². The first kappa shape index (κ1) is 17.6. The summed E-state index contributed by atoms with van der Waals surface area (Å²) in [4.78, 5) is 14.6. The zero-order valence-corrected chi connectivity index (χ0v) is 14.8. The zero-order chi connectivity index (χ0) is 17.8. The molecular formula is C21H25FN2O. The number of halogens is 1. The van der Waals surface area contributed by atoms with Gasteiger partial charge >= 0.3 is 0 Å². The third kappa shape index (κ3) is 4.67. The molecule has 0 spiro atoms. The highest BCUT2D eigenvalue weighted by molar-refractivity contribution is 5.82. The molecule has 3 atom stereocenters. The summed E-state index contributed by atoms with van der Waals surface area (Å²) in [5, 5.41) is 3.10. The van der Waals surface area contributed by atoms with Gasteiger partial charge < -0.3 is 10.2 Å². The Labute approximate surface area is 148 Å². The summed E-state index contributed by atoms with van der Waals surface area (Å²) < 4.78 is 13.0. The highest BCUT2D eigenvalue weighted by atomic mass is 19.1. The van der Waals surface area contributed by atoms with Crippen molar-refractivity contribution in [2.45, 2.75) is 24.8 Å². The molecule has 0 saturated heterocycles. The molecule has 4 heteroatoms. The molecule has 2 aromatic carbocycles. The molecule has 0 heterocycles. The van der Waals surface area contributed by atoms with Gasteiger partial charge in [0.25, 0.3) is 0 Å². The lowest BCUT2D eigenvalue weighted by atomic mass is 10.0. The molecule has 1 aliphatic rings. The van der Waals surface area contributed by atoms with Crippen molar-refractivity contribution in [3.8, 4) is 0 Å². The Morgan fingerprint density at radius 2 is 1.84 bits per heavy atom. The fourth-order valence-electron chi connectivity index (χ4n) is 3.24. The minimum Gasteiger partial charge on any atom is -0.354 e. The summed E-state index contributed by atoms with van der Waals surface area (Å²) in [6, 6.07) is 17.1. The molecule has 1 saturated carbocycles. The summed E-state index contributed by atoms with van der Waals surface area (Å²) in [5.41, 5.74) is 2.32. The third-order valence-electron chi connectivity index (χ3n) is 4.98. The molecule has 3 unspecified atom stereocenters. The van der Waals surface area contributed by atoms with E-state index in [4.69, 9.17) is 0 Å².